The third-order valence-electron chi connectivity index (χ3n) is 3.53. The first kappa shape index (κ1) is 18.7. The van der Waals surface area contributed by atoms with E-state index in [9.17, 15) is 14.4 Å². The monoisotopic (exact) mass is 367 g/mol. The number of hydrogen-bond acceptors (Lipinski definition) is 6. The lowest BCUT2D eigenvalue weighted by Crippen LogP contribution is -2.35. The van der Waals surface area contributed by atoms with Crippen molar-refractivity contribution in [3.8, 4) is 5.75 Å². The van der Waals surface area contributed by atoms with E-state index in [1.807, 2.05) is 0 Å². The number of rotatable bonds is 5. The molecule has 1 atom stereocenters. The summed E-state index contributed by atoms with van der Waals surface area (Å²) in [5.41, 5.74) is 3.44. The Balaban J connectivity index is 2.02. The number of hydrogen-bond donors (Lipinski definition) is 2. The fraction of sp³-hybridized carbons (Fsp3) is 0.375. The zero-order chi connectivity index (χ0) is 18.6. The van der Waals surface area contributed by atoms with E-state index in [4.69, 9.17) is 21.1 Å². The smallest absolute Gasteiger partial charge is 0.355 e. The lowest BCUT2D eigenvalue weighted by atomic mass is 10.2. The second-order valence-electron chi connectivity index (χ2n) is 5.43. The average molecular weight is 368 g/mol. The van der Waals surface area contributed by atoms with Gasteiger partial charge in [-0.2, -0.15) is 5.10 Å². The summed E-state index contributed by atoms with van der Waals surface area (Å²) >= 11 is 6.02. The second kappa shape index (κ2) is 7.98. The number of ether oxygens (including phenoxy) is 2. The number of nitrogens with one attached hydrogen (secondary N) is 2. The molecule has 1 aliphatic heterocycles. The Morgan fingerprint density at radius 1 is 1.36 bits per heavy atom. The van der Waals surface area contributed by atoms with Gasteiger partial charge in [-0.1, -0.05) is 11.6 Å². The standard InChI is InChI=1S/C16H18ClN3O5/c1-8-6-12(13(24-3)7-10(8)17)18-15(22)9(2)25-16(23)11-4-5-14(21)20-19-11/h6-7,9H,4-5H2,1-3H3,(H,18,22)(H,20,21)/t9-/m0/s1. The zero-order valence-electron chi connectivity index (χ0n) is 14.0. The summed E-state index contributed by atoms with van der Waals surface area (Å²) in [7, 11) is 1.45. The fourth-order valence-corrected chi connectivity index (χ4v) is 2.22. The summed E-state index contributed by atoms with van der Waals surface area (Å²) in [6.45, 7) is 3.22. The molecule has 2 amide bonds. The molecule has 0 unspecified atom stereocenters. The van der Waals surface area contributed by atoms with Crippen LogP contribution in [0.15, 0.2) is 17.2 Å². The Bertz CT molecular complexity index is 748. The van der Waals surface area contributed by atoms with E-state index in [-0.39, 0.29) is 24.5 Å². The van der Waals surface area contributed by atoms with Crippen LogP contribution in [0.5, 0.6) is 5.75 Å². The van der Waals surface area contributed by atoms with Gasteiger partial charge in [-0.3, -0.25) is 9.59 Å². The maximum absolute atomic E-state index is 12.3. The van der Waals surface area contributed by atoms with Crippen LogP contribution in [-0.4, -0.2) is 36.7 Å². The van der Waals surface area contributed by atoms with E-state index in [1.54, 1.807) is 19.1 Å². The van der Waals surface area contributed by atoms with Crippen molar-refractivity contribution in [3.63, 3.8) is 0 Å². The molecule has 9 heteroatoms. The Morgan fingerprint density at radius 2 is 2.08 bits per heavy atom. The van der Waals surface area contributed by atoms with Crippen LogP contribution < -0.4 is 15.5 Å². The van der Waals surface area contributed by atoms with Crippen LogP contribution in [0.3, 0.4) is 0 Å². The number of aryl methyl sites for hydroxylation is 1. The van der Waals surface area contributed by atoms with Crippen LogP contribution in [0, 0.1) is 6.92 Å². The van der Waals surface area contributed by atoms with Crippen molar-refractivity contribution in [2.75, 3.05) is 12.4 Å². The second-order valence-corrected chi connectivity index (χ2v) is 5.84. The van der Waals surface area contributed by atoms with Crippen LogP contribution in [0.1, 0.15) is 25.3 Å². The Morgan fingerprint density at radius 3 is 2.68 bits per heavy atom. The number of esters is 1. The molecule has 2 rings (SSSR count). The highest BCUT2D eigenvalue weighted by atomic mass is 35.5. The van der Waals surface area contributed by atoms with Crippen molar-refractivity contribution in [1.29, 1.82) is 0 Å². The van der Waals surface area contributed by atoms with Crippen molar-refractivity contribution in [2.24, 2.45) is 5.10 Å². The molecule has 0 bridgehead atoms. The number of nitrogens with zero attached hydrogens (tertiary/aromatic N) is 1. The number of halogens is 1. The number of anilines is 1. The molecule has 0 spiro atoms. The van der Waals surface area contributed by atoms with E-state index in [2.05, 4.69) is 15.8 Å². The van der Waals surface area contributed by atoms with Crippen LogP contribution in [0.4, 0.5) is 5.69 Å². The van der Waals surface area contributed by atoms with Gasteiger partial charge in [-0.15, -0.1) is 0 Å². The molecule has 1 aromatic rings. The summed E-state index contributed by atoms with van der Waals surface area (Å²) in [5.74, 6) is -1.16. The van der Waals surface area contributed by atoms with Crippen molar-refractivity contribution in [1.82, 2.24) is 5.43 Å². The van der Waals surface area contributed by atoms with E-state index < -0.39 is 18.0 Å². The molecule has 2 N–H and O–H groups in total. The first-order valence-corrected chi connectivity index (χ1v) is 7.91. The Labute approximate surface area is 149 Å². The van der Waals surface area contributed by atoms with Crippen LogP contribution in [-0.2, 0) is 19.1 Å². The van der Waals surface area contributed by atoms with Crippen molar-refractivity contribution < 1.29 is 23.9 Å². The lowest BCUT2D eigenvalue weighted by Gasteiger charge is -2.17. The minimum atomic E-state index is -1.06. The van der Waals surface area contributed by atoms with Gasteiger partial charge in [0, 0.05) is 23.9 Å². The number of carbonyl (C=O) groups is 3. The highest BCUT2D eigenvalue weighted by Crippen LogP contribution is 2.31. The molecular weight excluding hydrogens is 350 g/mol. The van der Waals surface area contributed by atoms with Gasteiger partial charge in [-0.25, -0.2) is 10.2 Å². The predicted octanol–water partition coefficient (Wildman–Crippen LogP) is 1.79. The molecule has 0 aliphatic carbocycles. The molecule has 0 radical (unpaired) electrons. The molecule has 0 aromatic heterocycles. The van der Waals surface area contributed by atoms with E-state index in [0.717, 1.165) is 5.56 Å². The van der Waals surface area contributed by atoms with E-state index >= 15 is 0 Å². The molecule has 0 saturated carbocycles. The predicted molar refractivity (Wildman–Crippen MR) is 91.7 cm³/mol. The third-order valence-corrected chi connectivity index (χ3v) is 3.94. The molecule has 8 nitrogen and oxygen atoms in total. The van der Waals surface area contributed by atoms with Crippen LogP contribution >= 0.6 is 11.6 Å². The summed E-state index contributed by atoms with van der Waals surface area (Å²) in [4.78, 5) is 35.2. The molecule has 1 aromatic carbocycles. The first-order valence-electron chi connectivity index (χ1n) is 7.53. The third kappa shape index (κ3) is 4.69. The highest BCUT2D eigenvalue weighted by molar-refractivity contribution is 6.37. The maximum atomic E-state index is 12.3. The molecule has 25 heavy (non-hydrogen) atoms. The number of carbonyl (C=O) groups excluding carboxylic acids is 3. The molecule has 0 saturated heterocycles. The van der Waals surface area contributed by atoms with Gasteiger partial charge in [0.2, 0.25) is 5.91 Å². The van der Waals surface area contributed by atoms with Gasteiger partial charge < -0.3 is 14.8 Å². The van der Waals surface area contributed by atoms with E-state index in [0.29, 0.717) is 16.5 Å². The number of methoxy groups -OCH3 is 1. The summed E-state index contributed by atoms with van der Waals surface area (Å²) in [6.07, 6.45) is -0.743. The lowest BCUT2D eigenvalue weighted by molar-refractivity contribution is -0.146. The highest BCUT2D eigenvalue weighted by Gasteiger charge is 2.25. The minimum absolute atomic E-state index is 0.0687. The average Bonchev–Trinajstić information content (AvgIpc) is 2.58. The van der Waals surface area contributed by atoms with Gasteiger partial charge in [0.1, 0.15) is 11.5 Å². The first-order chi connectivity index (χ1) is 11.8. The minimum Gasteiger partial charge on any atom is -0.495 e. The largest absolute Gasteiger partial charge is 0.495 e. The zero-order valence-corrected chi connectivity index (χ0v) is 14.8. The summed E-state index contributed by atoms with van der Waals surface area (Å²) in [5, 5.41) is 6.77. The van der Waals surface area contributed by atoms with Gasteiger partial charge in [0.15, 0.2) is 6.10 Å². The summed E-state index contributed by atoms with van der Waals surface area (Å²) in [6, 6.07) is 3.25. The van der Waals surface area contributed by atoms with Gasteiger partial charge in [0.05, 0.1) is 12.8 Å². The van der Waals surface area contributed by atoms with Gasteiger partial charge in [-0.05, 0) is 25.5 Å². The number of amides is 2. The SMILES string of the molecule is COc1cc(Cl)c(C)cc1NC(=O)[C@H](C)OC(=O)C1=NNC(=O)CC1. The molecular formula is C16H18ClN3O5. The Kier molecular flexibility index (Phi) is 5.97. The van der Waals surface area contributed by atoms with Gasteiger partial charge >= 0.3 is 5.97 Å². The van der Waals surface area contributed by atoms with Crippen molar-refractivity contribution in [3.05, 3.63) is 22.7 Å². The molecule has 0 fully saturated rings. The topological polar surface area (TPSA) is 106 Å². The van der Waals surface area contributed by atoms with Crippen molar-refractivity contribution in [2.45, 2.75) is 32.8 Å². The van der Waals surface area contributed by atoms with Crippen molar-refractivity contribution >= 4 is 40.8 Å². The Hall–Kier alpha value is -2.61. The van der Waals surface area contributed by atoms with Crippen LogP contribution in [0.2, 0.25) is 5.02 Å². The quantitative estimate of drug-likeness (QED) is 0.772. The molecule has 1 aliphatic rings. The maximum Gasteiger partial charge on any atom is 0.355 e. The van der Waals surface area contributed by atoms with Crippen LogP contribution in [0.25, 0.3) is 0 Å². The fourth-order valence-electron chi connectivity index (χ4n) is 2.07. The molecule has 134 valence electrons. The normalized spacial score (nSPS) is 14.9. The number of hydrazone groups is 1. The summed E-state index contributed by atoms with van der Waals surface area (Å²) < 4.78 is 10.3. The number of benzene rings is 1. The molecule has 1 heterocycles. The van der Waals surface area contributed by atoms with Gasteiger partial charge in [0.25, 0.3) is 5.91 Å². The van der Waals surface area contributed by atoms with E-state index in [1.165, 1.54) is 14.0 Å².